The highest BCUT2D eigenvalue weighted by Crippen LogP contribution is 2.28. The summed E-state index contributed by atoms with van der Waals surface area (Å²) in [5.74, 6) is 1.33. The number of methoxy groups -OCH3 is 1. The van der Waals surface area contributed by atoms with Crippen molar-refractivity contribution in [1.29, 1.82) is 0 Å². The fraction of sp³-hybridized carbons (Fsp3) is 0.714. The summed E-state index contributed by atoms with van der Waals surface area (Å²) in [4.78, 5) is 2.35. The molecule has 1 aromatic carbocycles. The molecule has 27 heavy (non-hydrogen) atoms. The molecule has 1 aliphatic heterocycles. The van der Waals surface area contributed by atoms with E-state index in [1.807, 2.05) is 18.2 Å². The van der Waals surface area contributed by atoms with E-state index in [4.69, 9.17) is 14.6 Å². The third-order valence-electron chi connectivity index (χ3n) is 4.92. The van der Waals surface area contributed by atoms with Gasteiger partial charge in [-0.2, -0.15) is 0 Å². The molecule has 1 saturated heterocycles. The molecule has 1 unspecified atom stereocenters. The van der Waals surface area contributed by atoms with Gasteiger partial charge in [-0.3, -0.25) is 0 Å². The Morgan fingerprint density at radius 3 is 2.56 bits per heavy atom. The number of likely N-dealkylation sites (tertiary alicyclic amines) is 1. The largest absolute Gasteiger partial charge is 0.493 e. The van der Waals surface area contributed by atoms with Gasteiger partial charge in [-0.15, -0.1) is 0 Å². The summed E-state index contributed by atoms with van der Waals surface area (Å²) in [6, 6.07) is 5.84. The molecule has 1 aromatic rings. The summed E-state index contributed by atoms with van der Waals surface area (Å²) < 4.78 is 11.3. The highest BCUT2D eigenvalue weighted by molar-refractivity contribution is 5.43. The molecule has 0 saturated carbocycles. The molecule has 1 heterocycles. The van der Waals surface area contributed by atoms with E-state index < -0.39 is 6.10 Å². The maximum Gasteiger partial charge on any atom is 0.161 e. The molecule has 154 valence electrons. The van der Waals surface area contributed by atoms with Crippen molar-refractivity contribution in [3.05, 3.63) is 23.8 Å². The number of aliphatic hydroxyl groups is 2. The molecule has 0 bridgehead atoms. The van der Waals surface area contributed by atoms with Gasteiger partial charge in [0, 0.05) is 19.7 Å². The topological polar surface area (TPSA) is 74.2 Å². The van der Waals surface area contributed by atoms with Crippen molar-refractivity contribution in [3.63, 3.8) is 0 Å². The Morgan fingerprint density at radius 2 is 1.85 bits per heavy atom. The minimum Gasteiger partial charge on any atom is -0.493 e. The highest BCUT2D eigenvalue weighted by atomic mass is 16.5. The minimum absolute atomic E-state index is 0.193. The second kappa shape index (κ2) is 12.9. The lowest BCUT2D eigenvalue weighted by molar-refractivity contribution is 0.0644. The van der Waals surface area contributed by atoms with E-state index in [1.54, 1.807) is 7.11 Å². The Morgan fingerprint density at radius 1 is 1.11 bits per heavy atom. The summed E-state index contributed by atoms with van der Waals surface area (Å²) in [6.45, 7) is 4.71. The summed E-state index contributed by atoms with van der Waals surface area (Å²) in [5, 5.41) is 22.5. The monoisotopic (exact) mass is 380 g/mol. The van der Waals surface area contributed by atoms with Crippen LogP contribution >= 0.6 is 0 Å². The van der Waals surface area contributed by atoms with Crippen LogP contribution in [0.4, 0.5) is 0 Å². The van der Waals surface area contributed by atoms with E-state index in [1.165, 1.54) is 32.1 Å². The van der Waals surface area contributed by atoms with Crippen molar-refractivity contribution in [2.45, 2.75) is 51.2 Å². The lowest BCUT2D eigenvalue weighted by Gasteiger charge is -2.26. The van der Waals surface area contributed by atoms with Crippen molar-refractivity contribution in [2.24, 2.45) is 0 Å². The quantitative estimate of drug-likeness (QED) is 0.511. The molecule has 0 aromatic heterocycles. The Kier molecular flexibility index (Phi) is 10.5. The molecule has 0 spiro atoms. The van der Waals surface area contributed by atoms with Crippen LogP contribution < -0.4 is 14.8 Å². The van der Waals surface area contributed by atoms with Gasteiger partial charge in [-0.05, 0) is 56.6 Å². The van der Waals surface area contributed by atoms with Crippen LogP contribution in [0.25, 0.3) is 0 Å². The lowest BCUT2D eigenvalue weighted by atomic mass is 10.1. The summed E-state index contributed by atoms with van der Waals surface area (Å²) in [6.07, 6.45) is 6.57. The van der Waals surface area contributed by atoms with Gasteiger partial charge in [-0.1, -0.05) is 25.3 Å². The Labute approximate surface area is 163 Å². The molecule has 3 N–H and O–H groups in total. The third-order valence-corrected chi connectivity index (χ3v) is 4.92. The predicted molar refractivity (Wildman–Crippen MR) is 107 cm³/mol. The van der Waals surface area contributed by atoms with Gasteiger partial charge in [0.05, 0.1) is 7.11 Å². The SMILES string of the molecule is COc1ccc(CNCCCO)cc1OCC(O)CN1CCCCCCC1. The summed E-state index contributed by atoms with van der Waals surface area (Å²) in [7, 11) is 1.62. The third kappa shape index (κ3) is 8.47. The van der Waals surface area contributed by atoms with Gasteiger partial charge >= 0.3 is 0 Å². The average Bonchev–Trinajstić information content (AvgIpc) is 2.65. The van der Waals surface area contributed by atoms with Gasteiger partial charge in [0.25, 0.3) is 0 Å². The number of hydrogen-bond donors (Lipinski definition) is 3. The van der Waals surface area contributed by atoms with Gasteiger partial charge in [0.1, 0.15) is 12.7 Å². The fourth-order valence-electron chi connectivity index (χ4n) is 3.41. The van der Waals surface area contributed by atoms with E-state index in [0.29, 0.717) is 24.6 Å². The van der Waals surface area contributed by atoms with Crippen LogP contribution in [0.1, 0.15) is 44.1 Å². The van der Waals surface area contributed by atoms with Gasteiger partial charge in [0.2, 0.25) is 0 Å². The van der Waals surface area contributed by atoms with E-state index in [-0.39, 0.29) is 13.2 Å². The molecular weight excluding hydrogens is 344 g/mol. The van der Waals surface area contributed by atoms with Crippen molar-refractivity contribution in [2.75, 3.05) is 46.5 Å². The maximum atomic E-state index is 10.4. The zero-order valence-electron chi connectivity index (χ0n) is 16.7. The number of β-amino-alcohol motifs (C(OH)–C–C–N with tert-alkyl or cyclic N) is 1. The molecule has 0 radical (unpaired) electrons. The number of hydrogen-bond acceptors (Lipinski definition) is 6. The molecule has 1 fully saturated rings. The molecule has 6 nitrogen and oxygen atoms in total. The fourth-order valence-corrected chi connectivity index (χ4v) is 3.41. The molecule has 1 aliphatic rings. The molecule has 0 aliphatic carbocycles. The van der Waals surface area contributed by atoms with Crippen molar-refractivity contribution >= 4 is 0 Å². The zero-order valence-corrected chi connectivity index (χ0v) is 16.7. The maximum absolute atomic E-state index is 10.4. The first-order valence-electron chi connectivity index (χ1n) is 10.2. The standard InChI is InChI=1S/C21H36N2O4/c1-26-20-9-8-18(15-22-10-7-13-24)14-21(20)27-17-19(25)16-23-11-5-3-2-4-6-12-23/h8-9,14,19,22,24-25H,2-7,10-13,15-17H2,1H3. The predicted octanol–water partition coefficient (Wildman–Crippen LogP) is 2.17. The minimum atomic E-state index is -0.513. The van der Waals surface area contributed by atoms with Gasteiger partial charge < -0.3 is 29.9 Å². The van der Waals surface area contributed by atoms with Crippen LogP contribution in [0.3, 0.4) is 0 Å². The van der Waals surface area contributed by atoms with Crippen LogP contribution in [0, 0.1) is 0 Å². The van der Waals surface area contributed by atoms with Crippen LogP contribution in [0.15, 0.2) is 18.2 Å². The lowest BCUT2D eigenvalue weighted by Crippen LogP contribution is -2.37. The van der Waals surface area contributed by atoms with Gasteiger partial charge in [0.15, 0.2) is 11.5 Å². The number of ether oxygens (including phenoxy) is 2. The molecule has 2 rings (SSSR count). The number of aliphatic hydroxyl groups excluding tert-OH is 2. The van der Waals surface area contributed by atoms with Gasteiger partial charge in [-0.25, -0.2) is 0 Å². The van der Waals surface area contributed by atoms with Crippen molar-refractivity contribution in [1.82, 2.24) is 10.2 Å². The Balaban J connectivity index is 1.82. The highest BCUT2D eigenvalue weighted by Gasteiger charge is 2.15. The second-order valence-corrected chi connectivity index (χ2v) is 7.27. The van der Waals surface area contributed by atoms with E-state index in [9.17, 15) is 5.11 Å². The first kappa shape index (κ1) is 22.0. The molecular formula is C21H36N2O4. The molecule has 6 heteroatoms. The Hall–Kier alpha value is -1.34. The smallest absolute Gasteiger partial charge is 0.161 e. The van der Waals surface area contributed by atoms with E-state index in [2.05, 4.69) is 10.2 Å². The number of nitrogens with one attached hydrogen (secondary N) is 1. The first-order chi connectivity index (χ1) is 13.2. The van der Waals surface area contributed by atoms with Crippen LogP contribution in [0.5, 0.6) is 11.5 Å². The summed E-state index contributed by atoms with van der Waals surface area (Å²) >= 11 is 0. The van der Waals surface area contributed by atoms with E-state index in [0.717, 1.165) is 31.6 Å². The van der Waals surface area contributed by atoms with Crippen LogP contribution in [-0.2, 0) is 6.54 Å². The van der Waals surface area contributed by atoms with Crippen LogP contribution in [-0.4, -0.2) is 67.7 Å². The second-order valence-electron chi connectivity index (χ2n) is 7.27. The Bertz CT molecular complexity index is 519. The molecule has 1 atom stereocenters. The van der Waals surface area contributed by atoms with Crippen molar-refractivity contribution < 1.29 is 19.7 Å². The van der Waals surface area contributed by atoms with Crippen molar-refractivity contribution in [3.8, 4) is 11.5 Å². The van der Waals surface area contributed by atoms with Crippen LogP contribution in [0.2, 0.25) is 0 Å². The number of nitrogens with zero attached hydrogens (tertiary/aromatic N) is 1. The number of rotatable bonds is 11. The molecule has 0 amide bonds. The zero-order chi connectivity index (χ0) is 19.3. The normalized spacial score (nSPS) is 17.1. The first-order valence-corrected chi connectivity index (χ1v) is 10.2. The average molecular weight is 381 g/mol. The number of benzene rings is 1. The summed E-state index contributed by atoms with van der Waals surface area (Å²) in [5.41, 5.74) is 1.09. The van der Waals surface area contributed by atoms with E-state index >= 15 is 0 Å².